The number of nitrogens with one attached hydrogen (secondary N) is 2. The predicted molar refractivity (Wildman–Crippen MR) is 65.3 cm³/mol. The first-order chi connectivity index (χ1) is 8.33. The largest absolute Gasteiger partial charge is 0.314 e. The Hall–Kier alpha value is -1.52. The van der Waals surface area contributed by atoms with Gasteiger partial charge in [0.15, 0.2) is 0 Å². The monoisotopic (exact) mass is 231 g/mol. The van der Waals surface area contributed by atoms with E-state index in [0.29, 0.717) is 0 Å². The Balaban J connectivity index is 1.98. The van der Waals surface area contributed by atoms with Crippen LogP contribution in [0.2, 0.25) is 0 Å². The van der Waals surface area contributed by atoms with E-state index in [9.17, 15) is 4.39 Å². The summed E-state index contributed by atoms with van der Waals surface area (Å²) in [5.74, 6) is -0.218. The van der Waals surface area contributed by atoms with Gasteiger partial charge in [0, 0.05) is 25.0 Å². The molecule has 2 N–H and O–H groups in total. The fourth-order valence-corrected chi connectivity index (χ4v) is 2.17. The molecule has 2 aromatic rings. The summed E-state index contributed by atoms with van der Waals surface area (Å²) in [7, 11) is 0. The van der Waals surface area contributed by atoms with Crippen LogP contribution in [0.5, 0.6) is 0 Å². The summed E-state index contributed by atoms with van der Waals surface area (Å²) in [6.07, 6.45) is 0. The van der Waals surface area contributed by atoms with E-state index in [4.69, 9.17) is 0 Å². The maximum atomic E-state index is 13.0. The lowest BCUT2D eigenvalue weighted by Crippen LogP contribution is -2.42. The molecular formula is C13H14FN3. The highest BCUT2D eigenvalue weighted by atomic mass is 19.1. The minimum atomic E-state index is -0.218. The highest BCUT2D eigenvalue weighted by Crippen LogP contribution is 2.18. The van der Waals surface area contributed by atoms with Crippen molar-refractivity contribution in [3.05, 3.63) is 41.8 Å². The molecule has 1 atom stereocenters. The van der Waals surface area contributed by atoms with E-state index in [1.165, 1.54) is 12.1 Å². The molecule has 0 bridgehead atoms. The lowest BCUT2D eigenvalue weighted by molar-refractivity contribution is 0.424. The molecule has 4 heteroatoms. The number of nitrogens with zero attached hydrogens (tertiary/aromatic N) is 1. The molecule has 1 aliphatic rings. The molecular weight excluding hydrogens is 217 g/mol. The summed E-state index contributed by atoms with van der Waals surface area (Å²) in [4.78, 5) is 4.57. The Bertz CT molecular complexity index is 535. The van der Waals surface area contributed by atoms with Gasteiger partial charge in [-0.1, -0.05) is 6.07 Å². The number of rotatable bonds is 1. The van der Waals surface area contributed by atoms with Crippen LogP contribution in [0, 0.1) is 5.82 Å². The fraction of sp³-hybridized carbons (Fsp3) is 0.308. The Kier molecular flexibility index (Phi) is 2.74. The SMILES string of the molecule is Fc1ccc2nc(C3CNCCN3)ccc2c1. The molecule has 0 radical (unpaired) electrons. The molecule has 1 aromatic carbocycles. The van der Waals surface area contributed by atoms with Crippen LogP contribution in [0.15, 0.2) is 30.3 Å². The Morgan fingerprint density at radius 3 is 2.94 bits per heavy atom. The van der Waals surface area contributed by atoms with Gasteiger partial charge in [0.2, 0.25) is 0 Å². The molecule has 0 saturated carbocycles. The van der Waals surface area contributed by atoms with Crippen LogP contribution in [0.25, 0.3) is 10.9 Å². The van der Waals surface area contributed by atoms with E-state index in [1.54, 1.807) is 6.07 Å². The minimum absolute atomic E-state index is 0.218. The molecule has 1 aliphatic heterocycles. The number of pyridine rings is 1. The molecule has 2 heterocycles. The quantitative estimate of drug-likeness (QED) is 0.783. The summed E-state index contributed by atoms with van der Waals surface area (Å²) < 4.78 is 13.0. The second-order valence-corrected chi connectivity index (χ2v) is 4.28. The van der Waals surface area contributed by atoms with Crippen LogP contribution in [-0.2, 0) is 0 Å². The third-order valence-electron chi connectivity index (χ3n) is 3.07. The number of aromatic nitrogens is 1. The lowest BCUT2D eigenvalue weighted by atomic mass is 10.1. The normalized spacial score (nSPS) is 20.6. The molecule has 1 unspecified atom stereocenters. The van der Waals surface area contributed by atoms with Crippen LogP contribution >= 0.6 is 0 Å². The van der Waals surface area contributed by atoms with Crippen molar-refractivity contribution in [1.82, 2.24) is 15.6 Å². The highest BCUT2D eigenvalue weighted by Gasteiger charge is 2.15. The van der Waals surface area contributed by atoms with Gasteiger partial charge in [-0.05, 0) is 24.3 Å². The van der Waals surface area contributed by atoms with E-state index in [2.05, 4.69) is 15.6 Å². The Morgan fingerprint density at radius 1 is 1.18 bits per heavy atom. The average Bonchev–Trinajstić information content (AvgIpc) is 2.39. The number of fused-ring (bicyclic) bond motifs is 1. The number of halogens is 1. The van der Waals surface area contributed by atoms with Crippen molar-refractivity contribution in [3.8, 4) is 0 Å². The molecule has 3 nitrogen and oxygen atoms in total. The second-order valence-electron chi connectivity index (χ2n) is 4.28. The standard InChI is InChI=1S/C13H14FN3/c14-10-2-4-11-9(7-10)1-3-12(17-11)13-8-15-5-6-16-13/h1-4,7,13,15-16H,5-6,8H2. The summed E-state index contributed by atoms with van der Waals surface area (Å²) in [5, 5.41) is 7.59. The molecule has 0 amide bonds. The molecule has 0 aliphatic carbocycles. The molecule has 1 aromatic heterocycles. The van der Waals surface area contributed by atoms with Gasteiger partial charge in [-0.3, -0.25) is 4.98 Å². The van der Waals surface area contributed by atoms with E-state index in [-0.39, 0.29) is 11.9 Å². The zero-order valence-electron chi connectivity index (χ0n) is 9.41. The van der Waals surface area contributed by atoms with Crippen molar-refractivity contribution >= 4 is 10.9 Å². The van der Waals surface area contributed by atoms with E-state index >= 15 is 0 Å². The highest BCUT2D eigenvalue weighted by molar-refractivity contribution is 5.78. The second kappa shape index (κ2) is 4.39. The molecule has 0 spiro atoms. The zero-order valence-corrected chi connectivity index (χ0v) is 9.41. The van der Waals surface area contributed by atoms with Crippen LogP contribution < -0.4 is 10.6 Å². The lowest BCUT2D eigenvalue weighted by Gasteiger charge is -2.24. The van der Waals surface area contributed by atoms with Gasteiger partial charge < -0.3 is 10.6 Å². The summed E-state index contributed by atoms with van der Waals surface area (Å²) >= 11 is 0. The first-order valence-electron chi connectivity index (χ1n) is 5.83. The van der Waals surface area contributed by atoms with Crippen molar-refractivity contribution in [2.75, 3.05) is 19.6 Å². The van der Waals surface area contributed by atoms with Gasteiger partial charge in [-0.15, -0.1) is 0 Å². The predicted octanol–water partition coefficient (Wildman–Crippen LogP) is 1.61. The molecule has 88 valence electrons. The minimum Gasteiger partial charge on any atom is -0.314 e. The van der Waals surface area contributed by atoms with Gasteiger partial charge in [0.1, 0.15) is 5.82 Å². The number of hydrogen-bond donors (Lipinski definition) is 2. The van der Waals surface area contributed by atoms with Gasteiger partial charge in [-0.2, -0.15) is 0 Å². The third-order valence-corrected chi connectivity index (χ3v) is 3.07. The summed E-state index contributed by atoms with van der Waals surface area (Å²) in [5.41, 5.74) is 1.85. The van der Waals surface area contributed by atoms with Gasteiger partial charge in [0.05, 0.1) is 17.3 Å². The number of hydrogen-bond acceptors (Lipinski definition) is 3. The van der Waals surface area contributed by atoms with E-state index < -0.39 is 0 Å². The average molecular weight is 231 g/mol. The number of benzene rings is 1. The summed E-state index contributed by atoms with van der Waals surface area (Å²) in [6, 6.07) is 8.83. The maximum Gasteiger partial charge on any atom is 0.123 e. The van der Waals surface area contributed by atoms with Crippen LogP contribution in [0.1, 0.15) is 11.7 Å². The number of piperazine rings is 1. The van der Waals surface area contributed by atoms with Crippen LogP contribution in [0.3, 0.4) is 0 Å². The van der Waals surface area contributed by atoms with Crippen molar-refractivity contribution in [3.63, 3.8) is 0 Å². The van der Waals surface area contributed by atoms with Crippen LogP contribution in [0.4, 0.5) is 4.39 Å². The van der Waals surface area contributed by atoms with Gasteiger partial charge >= 0.3 is 0 Å². The first-order valence-corrected chi connectivity index (χ1v) is 5.83. The molecule has 1 fully saturated rings. The fourth-order valence-electron chi connectivity index (χ4n) is 2.17. The zero-order chi connectivity index (χ0) is 11.7. The van der Waals surface area contributed by atoms with Crippen molar-refractivity contribution in [2.24, 2.45) is 0 Å². The molecule has 17 heavy (non-hydrogen) atoms. The van der Waals surface area contributed by atoms with Crippen molar-refractivity contribution in [1.29, 1.82) is 0 Å². The third kappa shape index (κ3) is 2.14. The van der Waals surface area contributed by atoms with Crippen molar-refractivity contribution < 1.29 is 4.39 Å². The smallest absolute Gasteiger partial charge is 0.123 e. The molecule has 1 saturated heterocycles. The van der Waals surface area contributed by atoms with Crippen LogP contribution in [-0.4, -0.2) is 24.6 Å². The van der Waals surface area contributed by atoms with Gasteiger partial charge in [-0.25, -0.2) is 4.39 Å². The summed E-state index contributed by atoms with van der Waals surface area (Å²) in [6.45, 7) is 2.84. The van der Waals surface area contributed by atoms with Crippen molar-refractivity contribution in [2.45, 2.75) is 6.04 Å². The van der Waals surface area contributed by atoms with E-state index in [1.807, 2.05) is 12.1 Å². The Labute approximate surface area is 99.1 Å². The van der Waals surface area contributed by atoms with Gasteiger partial charge in [0.25, 0.3) is 0 Å². The first kappa shape index (κ1) is 10.6. The van der Waals surface area contributed by atoms with E-state index in [0.717, 1.165) is 36.2 Å². The topological polar surface area (TPSA) is 37.0 Å². The molecule has 3 rings (SSSR count). The maximum absolute atomic E-state index is 13.0. The Morgan fingerprint density at radius 2 is 2.12 bits per heavy atom.